The lowest BCUT2D eigenvalue weighted by atomic mass is 10.1. The summed E-state index contributed by atoms with van der Waals surface area (Å²) in [6.07, 6.45) is 7.04. The van der Waals surface area contributed by atoms with Gasteiger partial charge in [0.15, 0.2) is 0 Å². The van der Waals surface area contributed by atoms with Gasteiger partial charge in [0.1, 0.15) is 0 Å². The lowest BCUT2D eigenvalue weighted by Crippen LogP contribution is -2.37. The Morgan fingerprint density at radius 3 is 2.46 bits per heavy atom. The first-order chi connectivity index (χ1) is 12.4. The first kappa shape index (κ1) is 20.6. The zero-order chi connectivity index (χ0) is 19.0. The number of benzene rings is 1. The first-order valence-electron chi connectivity index (χ1n) is 9.12. The summed E-state index contributed by atoms with van der Waals surface area (Å²) in [5, 5.41) is 2.93. The molecule has 0 saturated carbocycles. The van der Waals surface area contributed by atoms with E-state index >= 15 is 0 Å². The van der Waals surface area contributed by atoms with Gasteiger partial charge in [0, 0.05) is 19.2 Å². The van der Waals surface area contributed by atoms with E-state index in [1.807, 2.05) is 0 Å². The van der Waals surface area contributed by atoms with Crippen LogP contribution < -0.4 is 10.0 Å². The van der Waals surface area contributed by atoms with E-state index in [9.17, 15) is 13.2 Å². The van der Waals surface area contributed by atoms with Crippen molar-refractivity contribution in [2.24, 2.45) is 5.92 Å². The van der Waals surface area contributed by atoms with Gasteiger partial charge in [-0.05, 0) is 62.7 Å². The Labute approximate surface area is 156 Å². The van der Waals surface area contributed by atoms with E-state index in [0.717, 1.165) is 25.2 Å². The molecule has 6 nitrogen and oxygen atoms in total. The number of hydrogen-bond acceptors (Lipinski definition) is 4. The Morgan fingerprint density at radius 2 is 1.85 bits per heavy atom. The zero-order valence-corrected chi connectivity index (χ0v) is 16.4. The molecule has 1 amide bonds. The maximum Gasteiger partial charge on any atom is 0.244 e. The average Bonchev–Trinajstić information content (AvgIpc) is 2.66. The van der Waals surface area contributed by atoms with Crippen LogP contribution in [0.1, 0.15) is 31.7 Å². The molecule has 1 aromatic rings. The number of piperidine rings is 1. The van der Waals surface area contributed by atoms with Gasteiger partial charge in [-0.2, -0.15) is 0 Å². The summed E-state index contributed by atoms with van der Waals surface area (Å²) in [6.45, 7) is 6.15. The summed E-state index contributed by atoms with van der Waals surface area (Å²) in [5.74, 6) is 0.277. The lowest BCUT2D eigenvalue weighted by molar-refractivity contribution is -0.116. The van der Waals surface area contributed by atoms with Gasteiger partial charge in [0.25, 0.3) is 0 Å². The number of sulfonamides is 1. The van der Waals surface area contributed by atoms with Crippen molar-refractivity contribution >= 4 is 22.0 Å². The molecular weight excluding hydrogens is 350 g/mol. The van der Waals surface area contributed by atoms with E-state index in [1.165, 1.54) is 44.5 Å². The third-order valence-electron chi connectivity index (χ3n) is 4.53. The monoisotopic (exact) mass is 379 g/mol. The van der Waals surface area contributed by atoms with Gasteiger partial charge in [-0.25, -0.2) is 13.1 Å². The Morgan fingerprint density at radius 1 is 1.19 bits per heavy atom. The molecule has 7 heteroatoms. The van der Waals surface area contributed by atoms with Crippen LogP contribution in [-0.4, -0.2) is 52.5 Å². The molecule has 1 aliphatic rings. The molecule has 1 fully saturated rings. The molecule has 26 heavy (non-hydrogen) atoms. The van der Waals surface area contributed by atoms with Crippen molar-refractivity contribution in [3.05, 3.63) is 35.9 Å². The van der Waals surface area contributed by atoms with Crippen molar-refractivity contribution < 1.29 is 13.2 Å². The molecule has 1 atom stereocenters. The van der Waals surface area contributed by atoms with Crippen LogP contribution in [-0.2, 0) is 14.8 Å². The second-order valence-corrected chi connectivity index (χ2v) is 8.71. The fourth-order valence-electron chi connectivity index (χ4n) is 3.03. The topological polar surface area (TPSA) is 78.5 Å². The molecule has 0 spiro atoms. The molecule has 1 aromatic carbocycles. The molecule has 0 aliphatic carbocycles. The van der Waals surface area contributed by atoms with Crippen molar-refractivity contribution in [1.29, 1.82) is 0 Å². The van der Waals surface area contributed by atoms with Gasteiger partial charge < -0.3 is 10.2 Å². The standard InChI is InChI=1S/C19H29N3O3S/c1-16(15-22-12-4-3-5-13-22)14-21-19(23)11-8-17-6-9-18(10-7-17)26(24,25)20-2/h6-11,16,20H,3-5,12-15H2,1-2H3,(H,21,23)/b11-8+. The summed E-state index contributed by atoms with van der Waals surface area (Å²) in [4.78, 5) is 14.6. The van der Waals surface area contributed by atoms with E-state index in [1.54, 1.807) is 18.2 Å². The minimum absolute atomic E-state index is 0.137. The van der Waals surface area contributed by atoms with Crippen molar-refractivity contribution in [3.8, 4) is 0 Å². The minimum Gasteiger partial charge on any atom is -0.352 e. The third-order valence-corrected chi connectivity index (χ3v) is 5.96. The molecule has 1 heterocycles. The molecule has 144 valence electrons. The molecular formula is C19H29N3O3S. The highest BCUT2D eigenvalue weighted by Gasteiger charge is 2.13. The number of rotatable bonds is 8. The van der Waals surface area contributed by atoms with Gasteiger partial charge in [0.05, 0.1) is 4.90 Å². The Hall–Kier alpha value is -1.70. The number of amides is 1. The van der Waals surface area contributed by atoms with Gasteiger partial charge in [0.2, 0.25) is 15.9 Å². The summed E-state index contributed by atoms with van der Waals surface area (Å²) in [7, 11) is -2.06. The van der Waals surface area contributed by atoms with Gasteiger partial charge in [-0.15, -0.1) is 0 Å². The first-order valence-corrected chi connectivity index (χ1v) is 10.6. The largest absolute Gasteiger partial charge is 0.352 e. The number of likely N-dealkylation sites (tertiary alicyclic amines) is 1. The molecule has 2 rings (SSSR count). The SMILES string of the molecule is CNS(=O)(=O)c1ccc(/C=C/C(=O)NCC(C)CN2CCCCC2)cc1. The van der Waals surface area contributed by atoms with Crippen molar-refractivity contribution in [3.63, 3.8) is 0 Å². The highest BCUT2D eigenvalue weighted by atomic mass is 32.2. The maximum absolute atomic E-state index is 12.0. The van der Waals surface area contributed by atoms with E-state index in [2.05, 4.69) is 21.9 Å². The molecule has 2 N–H and O–H groups in total. The second kappa shape index (κ2) is 9.85. The molecule has 1 unspecified atom stereocenters. The van der Waals surface area contributed by atoms with E-state index in [-0.39, 0.29) is 10.8 Å². The summed E-state index contributed by atoms with van der Waals surface area (Å²) in [5.41, 5.74) is 0.775. The zero-order valence-electron chi connectivity index (χ0n) is 15.6. The van der Waals surface area contributed by atoms with Crippen LogP contribution in [0.5, 0.6) is 0 Å². The average molecular weight is 380 g/mol. The fraction of sp³-hybridized carbons (Fsp3) is 0.526. The Balaban J connectivity index is 1.77. The highest BCUT2D eigenvalue weighted by molar-refractivity contribution is 7.89. The van der Waals surface area contributed by atoms with Crippen LogP contribution in [0.3, 0.4) is 0 Å². The number of nitrogens with one attached hydrogen (secondary N) is 2. The van der Waals surface area contributed by atoms with Gasteiger partial charge in [-0.3, -0.25) is 4.79 Å². The smallest absolute Gasteiger partial charge is 0.244 e. The quantitative estimate of drug-likeness (QED) is 0.676. The van der Waals surface area contributed by atoms with Gasteiger partial charge >= 0.3 is 0 Å². The molecule has 0 aromatic heterocycles. The van der Waals surface area contributed by atoms with E-state index in [0.29, 0.717) is 12.5 Å². The summed E-state index contributed by atoms with van der Waals surface area (Å²) >= 11 is 0. The van der Waals surface area contributed by atoms with E-state index in [4.69, 9.17) is 0 Å². The molecule has 1 aliphatic heterocycles. The van der Waals surface area contributed by atoms with E-state index < -0.39 is 10.0 Å². The Bertz CT molecular complexity index is 708. The molecule has 0 radical (unpaired) electrons. The third kappa shape index (κ3) is 6.55. The van der Waals surface area contributed by atoms with Gasteiger partial charge in [-0.1, -0.05) is 25.5 Å². The fourth-order valence-corrected chi connectivity index (χ4v) is 3.76. The lowest BCUT2D eigenvalue weighted by Gasteiger charge is -2.29. The molecule has 0 bridgehead atoms. The van der Waals surface area contributed by atoms with Crippen LogP contribution in [0.25, 0.3) is 6.08 Å². The predicted molar refractivity (Wildman–Crippen MR) is 104 cm³/mol. The van der Waals surface area contributed by atoms with Crippen LogP contribution in [0.4, 0.5) is 0 Å². The van der Waals surface area contributed by atoms with Crippen LogP contribution in [0.2, 0.25) is 0 Å². The van der Waals surface area contributed by atoms with Crippen molar-refractivity contribution in [2.45, 2.75) is 31.1 Å². The number of carbonyl (C=O) groups excluding carboxylic acids is 1. The van der Waals surface area contributed by atoms with Crippen molar-refractivity contribution in [1.82, 2.24) is 14.9 Å². The number of carbonyl (C=O) groups is 1. The Kier molecular flexibility index (Phi) is 7.81. The number of nitrogens with zero attached hydrogens (tertiary/aromatic N) is 1. The van der Waals surface area contributed by atoms with Crippen LogP contribution >= 0.6 is 0 Å². The predicted octanol–water partition coefficient (Wildman–Crippen LogP) is 1.85. The summed E-state index contributed by atoms with van der Waals surface area (Å²) in [6, 6.07) is 6.38. The minimum atomic E-state index is -3.43. The molecule has 1 saturated heterocycles. The normalized spacial score (nSPS) is 17.3. The maximum atomic E-state index is 12.0. The van der Waals surface area contributed by atoms with Crippen LogP contribution in [0, 0.1) is 5.92 Å². The number of hydrogen-bond donors (Lipinski definition) is 2. The second-order valence-electron chi connectivity index (χ2n) is 6.82. The summed E-state index contributed by atoms with van der Waals surface area (Å²) < 4.78 is 25.6. The van der Waals surface area contributed by atoms with Crippen molar-refractivity contribution in [2.75, 3.05) is 33.2 Å². The van der Waals surface area contributed by atoms with Crippen LogP contribution in [0.15, 0.2) is 35.2 Å². The highest BCUT2D eigenvalue weighted by Crippen LogP contribution is 2.12.